The lowest BCUT2D eigenvalue weighted by Gasteiger charge is -2.13. The fraction of sp³-hybridized carbons (Fsp3) is 0.533. The Morgan fingerprint density at radius 1 is 1.32 bits per heavy atom. The average molecular weight is 280 g/mol. The summed E-state index contributed by atoms with van der Waals surface area (Å²) in [6.45, 7) is 0.711. The van der Waals surface area contributed by atoms with Gasteiger partial charge < -0.3 is 9.47 Å². The van der Waals surface area contributed by atoms with Gasteiger partial charge in [-0.2, -0.15) is 11.8 Å². The lowest BCUT2D eigenvalue weighted by Crippen LogP contribution is -2.14. The number of methoxy groups -OCH3 is 1. The van der Waals surface area contributed by atoms with Gasteiger partial charge in [0.1, 0.15) is 5.75 Å². The van der Waals surface area contributed by atoms with Crippen molar-refractivity contribution in [2.75, 3.05) is 25.2 Å². The van der Waals surface area contributed by atoms with Gasteiger partial charge in [-0.1, -0.05) is 18.2 Å². The van der Waals surface area contributed by atoms with Crippen LogP contribution in [0, 0.1) is 5.41 Å². The van der Waals surface area contributed by atoms with E-state index in [0.717, 1.165) is 30.1 Å². The molecule has 0 radical (unpaired) electrons. The molecule has 1 fully saturated rings. The van der Waals surface area contributed by atoms with Crippen LogP contribution in [0.25, 0.3) is 0 Å². The van der Waals surface area contributed by atoms with E-state index in [1.807, 2.05) is 42.1 Å². The van der Waals surface area contributed by atoms with Crippen molar-refractivity contribution in [2.45, 2.75) is 19.3 Å². The summed E-state index contributed by atoms with van der Waals surface area (Å²) in [6, 6.07) is 9.84. The maximum absolute atomic E-state index is 11.3. The summed E-state index contributed by atoms with van der Waals surface area (Å²) in [5, 5.41) is 0. The first kappa shape index (κ1) is 14.3. The lowest BCUT2D eigenvalue weighted by atomic mass is 10.1. The minimum atomic E-state index is -0.0846. The third-order valence-electron chi connectivity index (χ3n) is 3.35. The van der Waals surface area contributed by atoms with E-state index in [4.69, 9.17) is 9.47 Å². The van der Waals surface area contributed by atoms with Crippen molar-refractivity contribution < 1.29 is 14.3 Å². The Kier molecular flexibility index (Phi) is 5.14. The second-order valence-electron chi connectivity index (χ2n) is 4.97. The Hall–Kier alpha value is -1.16. The molecule has 0 amide bonds. The predicted molar refractivity (Wildman–Crippen MR) is 77.6 cm³/mol. The predicted octanol–water partition coefficient (Wildman–Crippen LogP) is 3.14. The van der Waals surface area contributed by atoms with Crippen LogP contribution >= 0.6 is 11.8 Å². The summed E-state index contributed by atoms with van der Waals surface area (Å²) in [6.07, 6.45) is 2.86. The zero-order valence-corrected chi connectivity index (χ0v) is 12.1. The van der Waals surface area contributed by atoms with E-state index < -0.39 is 0 Å². The van der Waals surface area contributed by atoms with Crippen molar-refractivity contribution in [3.63, 3.8) is 0 Å². The van der Waals surface area contributed by atoms with Crippen molar-refractivity contribution in [3.05, 3.63) is 30.3 Å². The van der Waals surface area contributed by atoms with Gasteiger partial charge in [0.2, 0.25) is 0 Å². The van der Waals surface area contributed by atoms with Crippen molar-refractivity contribution in [1.29, 1.82) is 0 Å². The minimum absolute atomic E-state index is 0.0846. The van der Waals surface area contributed by atoms with Gasteiger partial charge in [0.25, 0.3) is 0 Å². The van der Waals surface area contributed by atoms with Gasteiger partial charge in [-0.05, 0) is 36.1 Å². The highest BCUT2D eigenvalue weighted by molar-refractivity contribution is 7.99. The van der Waals surface area contributed by atoms with Gasteiger partial charge in [-0.25, -0.2) is 0 Å². The smallest absolute Gasteiger partial charge is 0.306 e. The zero-order chi connectivity index (χ0) is 13.6. The molecule has 104 valence electrons. The Bertz CT molecular complexity index is 401. The van der Waals surface area contributed by atoms with E-state index in [9.17, 15) is 4.79 Å². The molecule has 1 aromatic rings. The number of esters is 1. The van der Waals surface area contributed by atoms with Gasteiger partial charge in [0, 0.05) is 5.75 Å². The minimum Gasteiger partial charge on any atom is -0.493 e. The Morgan fingerprint density at radius 2 is 2.05 bits per heavy atom. The fourth-order valence-corrected chi connectivity index (χ4v) is 3.12. The van der Waals surface area contributed by atoms with Crippen LogP contribution in [0.1, 0.15) is 19.3 Å². The molecule has 0 aliphatic heterocycles. The standard InChI is InChI=1S/C15H20O3S/c1-17-14(16)11-15(7-8-15)12-19-10-9-18-13-5-3-2-4-6-13/h2-6H,7-12H2,1H3. The molecule has 1 aromatic carbocycles. The number of thioether (sulfide) groups is 1. The molecule has 0 atom stereocenters. The third kappa shape index (κ3) is 4.78. The van der Waals surface area contributed by atoms with Crippen molar-refractivity contribution in [3.8, 4) is 5.75 Å². The first-order valence-corrected chi connectivity index (χ1v) is 7.72. The van der Waals surface area contributed by atoms with Gasteiger partial charge in [-0.15, -0.1) is 0 Å². The number of benzene rings is 1. The average Bonchev–Trinajstić information content (AvgIpc) is 3.19. The highest BCUT2D eigenvalue weighted by Crippen LogP contribution is 2.51. The van der Waals surface area contributed by atoms with Crippen LogP contribution in [0.15, 0.2) is 30.3 Å². The van der Waals surface area contributed by atoms with E-state index in [1.54, 1.807) is 0 Å². The highest BCUT2D eigenvalue weighted by atomic mass is 32.2. The van der Waals surface area contributed by atoms with Crippen LogP contribution in [0.3, 0.4) is 0 Å². The normalized spacial score (nSPS) is 15.8. The van der Waals surface area contributed by atoms with Crippen LogP contribution in [0.5, 0.6) is 5.75 Å². The van der Waals surface area contributed by atoms with Crippen molar-refractivity contribution >= 4 is 17.7 Å². The molecule has 1 aliphatic carbocycles. The monoisotopic (exact) mass is 280 g/mol. The second-order valence-corrected chi connectivity index (χ2v) is 6.07. The maximum atomic E-state index is 11.3. The summed E-state index contributed by atoms with van der Waals surface area (Å²) < 4.78 is 10.4. The number of carbonyl (C=O) groups is 1. The number of hydrogen-bond acceptors (Lipinski definition) is 4. The van der Waals surface area contributed by atoms with Crippen LogP contribution < -0.4 is 4.74 Å². The Labute approximate surface area is 118 Å². The first-order valence-electron chi connectivity index (χ1n) is 6.57. The molecule has 0 heterocycles. The number of hydrogen-bond donors (Lipinski definition) is 0. The molecule has 0 aromatic heterocycles. The summed E-state index contributed by atoms with van der Waals surface area (Å²) in [4.78, 5) is 11.3. The number of rotatable bonds is 8. The molecule has 1 saturated carbocycles. The molecule has 4 heteroatoms. The summed E-state index contributed by atoms with van der Waals surface area (Å²) in [7, 11) is 1.46. The van der Waals surface area contributed by atoms with E-state index >= 15 is 0 Å². The SMILES string of the molecule is COC(=O)CC1(CSCCOc2ccccc2)CC1. The van der Waals surface area contributed by atoms with Crippen LogP contribution in [-0.2, 0) is 9.53 Å². The molecular weight excluding hydrogens is 260 g/mol. The van der Waals surface area contributed by atoms with Crippen LogP contribution in [0.2, 0.25) is 0 Å². The number of carbonyl (C=O) groups excluding carboxylic acids is 1. The summed E-state index contributed by atoms with van der Waals surface area (Å²) in [5.41, 5.74) is 0.213. The highest BCUT2D eigenvalue weighted by Gasteiger charge is 2.44. The Morgan fingerprint density at radius 3 is 2.68 bits per heavy atom. The molecular formula is C15H20O3S. The molecule has 3 nitrogen and oxygen atoms in total. The van der Waals surface area contributed by atoms with E-state index in [-0.39, 0.29) is 11.4 Å². The van der Waals surface area contributed by atoms with E-state index in [0.29, 0.717) is 13.0 Å². The number of ether oxygens (including phenoxy) is 2. The van der Waals surface area contributed by atoms with Gasteiger partial charge >= 0.3 is 5.97 Å². The summed E-state index contributed by atoms with van der Waals surface area (Å²) in [5.74, 6) is 2.82. The zero-order valence-electron chi connectivity index (χ0n) is 11.3. The molecule has 1 aliphatic rings. The quantitative estimate of drug-likeness (QED) is 0.541. The molecule has 0 unspecified atom stereocenters. The molecule has 0 bridgehead atoms. The topological polar surface area (TPSA) is 35.5 Å². The maximum Gasteiger partial charge on any atom is 0.306 e. The molecule has 0 N–H and O–H groups in total. The van der Waals surface area contributed by atoms with E-state index in [2.05, 4.69) is 0 Å². The third-order valence-corrected chi connectivity index (χ3v) is 4.62. The van der Waals surface area contributed by atoms with Crippen LogP contribution in [0.4, 0.5) is 0 Å². The molecule has 0 spiro atoms. The van der Waals surface area contributed by atoms with Gasteiger partial charge in [-0.3, -0.25) is 4.79 Å². The second kappa shape index (κ2) is 6.85. The fourth-order valence-electron chi connectivity index (χ4n) is 1.95. The molecule has 19 heavy (non-hydrogen) atoms. The van der Waals surface area contributed by atoms with E-state index in [1.165, 1.54) is 7.11 Å². The largest absolute Gasteiger partial charge is 0.493 e. The van der Waals surface area contributed by atoms with Gasteiger partial charge in [0.15, 0.2) is 0 Å². The first-order chi connectivity index (χ1) is 9.24. The molecule has 0 saturated heterocycles. The summed E-state index contributed by atoms with van der Waals surface area (Å²) >= 11 is 1.86. The van der Waals surface area contributed by atoms with Gasteiger partial charge in [0.05, 0.1) is 20.1 Å². The molecule has 2 rings (SSSR count). The Balaban J connectivity index is 1.58. The number of para-hydroxylation sites is 1. The van der Waals surface area contributed by atoms with Crippen LogP contribution in [-0.4, -0.2) is 31.2 Å². The lowest BCUT2D eigenvalue weighted by molar-refractivity contribution is -0.141. The van der Waals surface area contributed by atoms with Crippen molar-refractivity contribution in [1.82, 2.24) is 0 Å². The van der Waals surface area contributed by atoms with Crippen molar-refractivity contribution in [2.24, 2.45) is 5.41 Å².